The summed E-state index contributed by atoms with van der Waals surface area (Å²) in [6.45, 7) is 0.321. The third-order valence-corrected chi connectivity index (χ3v) is 5.90. The summed E-state index contributed by atoms with van der Waals surface area (Å²) in [5.41, 5.74) is -0.791. The highest BCUT2D eigenvalue weighted by molar-refractivity contribution is 6.09. The highest BCUT2D eigenvalue weighted by Crippen LogP contribution is 2.39. The molecule has 25 heavy (non-hydrogen) atoms. The molecule has 1 spiro atoms. The molecular formula is C17H25N3O5. The Bertz CT molecular complexity index is 599. The monoisotopic (exact) mass is 351 g/mol. The lowest BCUT2D eigenvalue weighted by Crippen LogP contribution is -2.50. The molecule has 0 aromatic heterocycles. The second-order valence-electron chi connectivity index (χ2n) is 7.34. The van der Waals surface area contributed by atoms with Gasteiger partial charge in [-0.05, 0) is 25.7 Å². The number of carbonyl (C=O) groups excluding carboxylic acids is 3. The molecule has 2 saturated heterocycles. The van der Waals surface area contributed by atoms with Crippen LogP contribution in [0, 0.1) is 5.92 Å². The van der Waals surface area contributed by atoms with Gasteiger partial charge in [0, 0.05) is 20.1 Å². The number of carbonyl (C=O) groups is 4. The average molecular weight is 351 g/mol. The van der Waals surface area contributed by atoms with Crippen LogP contribution in [0.3, 0.4) is 0 Å². The Labute approximate surface area is 146 Å². The highest BCUT2D eigenvalue weighted by atomic mass is 16.4. The van der Waals surface area contributed by atoms with Gasteiger partial charge in [-0.2, -0.15) is 0 Å². The van der Waals surface area contributed by atoms with Gasteiger partial charge in [-0.1, -0.05) is 19.3 Å². The Kier molecular flexibility index (Phi) is 4.71. The van der Waals surface area contributed by atoms with E-state index >= 15 is 0 Å². The van der Waals surface area contributed by atoms with Crippen LogP contribution >= 0.6 is 0 Å². The van der Waals surface area contributed by atoms with Crippen molar-refractivity contribution in [3.05, 3.63) is 0 Å². The molecule has 0 bridgehead atoms. The maximum absolute atomic E-state index is 12.9. The van der Waals surface area contributed by atoms with E-state index in [9.17, 15) is 19.2 Å². The molecule has 1 unspecified atom stereocenters. The van der Waals surface area contributed by atoms with E-state index < -0.39 is 23.5 Å². The lowest BCUT2D eigenvalue weighted by atomic mass is 9.81. The van der Waals surface area contributed by atoms with Crippen LogP contribution in [-0.2, 0) is 14.4 Å². The summed E-state index contributed by atoms with van der Waals surface area (Å²) in [6.07, 6.45) is 5.31. The Morgan fingerprint density at radius 1 is 1.16 bits per heavy atom. The van der Waals surface area contributed by atoms with Crippen LogP contribution in [0.1, 0.15) is 44.9 Å². The van der Waals surface area contributed by atoms with Crippen molar-refractivity contribution in [2.75, 3.05) is 26.7 Å². The summed E-state index contributed by atoms with van der Waals surface area (Å²) in [7, 11) is 1.64. The molecule has 2 heterocycles. The summed E-state index contributed by atoms with van der Waals surface area (Å²) in [4.78, 5) is 53.2. The fourth-order valence-electron chi connectivity index (χ4n) is 4.31. The number of likely N-dealkylation sites (tertiary alicyclic amines) is 1. The smallest absolute Gasteiger partial charge is 0.327 e. The van der Waals surface area contributed by atoms with Gasteiger partial charge in [-0.25, -0.2) is 4.79 Å². The van der Waals surface area contributed by atoms with E-state index in [-0.39, 0.29) is 24.9 Å². The minimum Gasteiger partial charge on any atom is -0.481 e. The van der Waals surface area contributed by atoms with Gasteiger partial charge in [0.2, 0.25) is 5.91 Å². The van der Waals surface area contributed by atoms with Crippen molar-refractivity contribution in [1.82, 2.24) is 14.7 Å². The molecule has 8 nitrogen and oxygen atoms in total. The predicted octanol–water partition coefficient (Wildman–Crippen LogP) is 0.906. The summed E-state index contributed by atoms with van der Waals surface area (Å²) in [5, 5.41) is 9.14. The molecular weight excluding hydrogens is 326 g/mol. The normalized spacial score (nSPS) is 26.4. The fraction of sp³-hybridized carbons (Fsp3) is 0.765. The molecule has 8 heteroatoms. The van der Waals surface area contributed by atoms with Crippen molar-refractivity contribution >= 4 is 23.8 Å². The number of urea groups is 1. The first-order valence-electron chi connectivity index (χ1n) is 8.97. The molecule has 3 fully saturated rings. The number of piperidine rings is 1. The minimum atomic E-state index is -0.910. The first kappa shape index (κ1) is 17.7. The average Bonchev–Trinajstić information content (AvgIpc) is 2.79. The van der Waals surface area contributed by atoms with Crippen molar-refractivity contribution < 1.29 is 24.3 Å². The number of nitrogens with zero attached hydrogens (tertiary/aromatic N) is 3. The molecule has 3 aliphatic rings. The quantitative estimate of drug-likeness (QED) is 0.762. The van der Waals surface area contributed by atoms with Gasteiger partial charge in [-0.15, -0.1) is 0 Å². The third-order valence-electron chi connectivity index (χ3n) is 5.90. The molecule has 1 atom stereocenters. The standard InChI is InChI=1S/C17H25N3O5/c1-18-16(25)20(15(24)17(18)7-3-2-4-8-17)11-13(21)19-9-5-6-12(10-19)14(22)23/h12H,2-11H2,1H3,(H,22,23). The van der Waals surface area contributed by atoms with Gasteiger partial charge in [0.25, 0.3) is 5.91 Å². The zero-order valence-electron chi connectivity index (χ0n) is 14.6. The molecule has 1 N–H and O–H groups in total. The van der Waals surface area contributed by atoms with Gasteiger partial charge in [0.05, 0.1) is 5.92 Å². The molecule has 2 aliphatic heterocycles. The summed E-state index contributed by atoms with van der Waals surface area (Å²) in [5.74, 6) is -2.12. The Hall–Kier alpha value is -2.12. The zero-order valence-corrected chi connectivity index (χ0v) is 14.6. The summed E-state index contributed by atoms with van der Waals surface area (Å²) < 4.78 is 0. The molecule has 4 amide bonds. The Morgan fingerprint density at radius 3 is 2.48 bits per heavy atom. The first-order chi connectivity index (χ1) is 11.9. The number of hydrogen-bond donors (Lipinski definition) is 1. The highest BCUT2D eigenvalue weighted by Gasteiger charge is 2.56. The number of likely N-dealkylation sites (N-methyl/N-ethyl adjacent to an activating group) is 1. The van der Waals surface area contributed by atoms with Crippen molar-refractivity contribution in [2.45, 2.75) is 50.5 Å². The molecule has 1 aliphatic carbocycles. The maximum atomic E-state index is 12.9. The second-order valence-corrected chi connectivity index (χ2v) is 7.34. The van der Waals surface area contributed by atoms with Gasteiger partial charge < -0.3 is 14.9 Å². The number of imide groups is 1. The maximum Gasteiger partial charge on any atom is 0.327 e. The number of carboxylic acids is 1. The fourth-order valence-corrected chi connectivity index (χ4v) is 4.31. The van der Waals surface area contributed by atoms with Crippen LogP contribution in [0.25, 0.3) is 0 Å². The molecule has 1 saturated carbocycles. The van der Waals surface area contributed by atoms with E-state index in [0.29, 0.717) is 32.2 Å². The van der Waals surface area contributed by atoms with Crippen LogP contribution in [0.5, 0.6) is 0 Å². The van der Waals surface area contributed by atoms with Gasteiger partial charge in [-0.3, -0.25) is 19.3 Å². The van der Waals surface area contributed by atoms with Crippen LogP contribution in [0.2, 0.25) is 0 Å². The largest absolute Gasteiger partial charge is 0.481 e. The van der Waals surface area contributed by atoms with E-state index in [4.69, 9.17) is 5.11 Å². The first-order valence-corrected chi connectivity index (χ1v) is 8.97. The third kappa shape index (κ3) is 2.98. The van der Waals surface area contributed by atoms with E-state index in [1.807, 2.05) is 0 Å². The molecule has 0 radical (unpaired) electrons. The van der Waals surface area contributed by atoms with E-state index in [1.165, 1.54) is 9.80 Å². The van der Waals surface area contributed by atoms with E-state index in [0.717, 1.165) is 24.2 Å². The van der Waals surface area contributed by atoms with Gasteiger partial charge in [0.15, 0.2) is 0 Å². The lowest BCUT2D eigenvalue weighted by molar-refractivity contribution is -0.147. The molecule has 138 valence electrons. The topological polar surface area (TPSA) is 98.2 Å². The Balaban J connectivity index is 1.70. The number of rotatable bonds is 3. The molecule has 3 rings (SSSR count). The predicted molar refractivity (Wildman–Crippen MR) is 87.6 cm³/mol. The van der Waals surface area contributed by atoms with Gasteiger partial charge in [0.1, 0.15) is 12.1 Å². The second kappa shape index (κ2) is 6.65. The van der Waals surface area contributed by atoms with Crippen LogP contribution in [0.15, 0.2) is 0 Å². The Morgan fingerprint density at radius 2 is 1.84 bits per heavy atom. The lowest BCUT2D eigenvalue weighted by Gasteiger charge is -2.36. The number of hydrogen-bond acceptors (Lipinski definition) is 4. The van der Waals surface area contributed by atoms with Crippen LogP contribution in [-0.4, -0.2) is 75.8 Å². The van der Waals surface area contributed by atoms with Crippen molar-refractivity contribution in [3.63, 3.8) is 0 Å². The number of carboxylic acid groups (broad SMARTS) is 1. The number of aliphatic carboxylic acids is 1. The van der Waals surface area contributed by atoms with E-state index in [2.05, 4.69) is 0 Å². The molecule has 0 aromatic carbocycles. The number of amides is 4. The van der Waals surface area contributed by atoms with Crippen LogP contribution in [0.4, 0.5) is 4.79 Å². The van der Waals surface area contributed by atoms with Gasteiger partial charge >= 0.3 is 12.0 Å². The summed E-state index contributed by atoms with van der Waals surface area (Å²) >= 11 is 0. The van der Waals surface area contributed by atoms with Crippen molar-refractivity contribution in [2.24, 2.45) is 5.92 Å². The van der Waals surface area contributed by atoms with E-state index in [1.54, 1.807) is 7.05 Å². The summed E-state index contributed by atoms with van der Waals surface area (Å²) in [6, 6.07) is -0.424. The minimum absolute atomic E-state index is 0.144. The van der Waals surface area contributed by atoms with Crippen molar-refractivity contribution in [3.8, 4) is 0 Å². The van der Waals surface area contributed by atoms with Crippen LogP contribution < -0.4 is 0 Å². The molecule has 0 aromatic rings. The SMILES string of the molecule is CN1C(=O)N(CC(=O)N2CCCC(C(=O)O)C2)C(=O)C12CCCCC2. The zero-order chi connectivity index (χ0) is 18.2. The van der Waals surface area contributed by atoms with Crippen molar-refractivity contribution in [1.29, 1.82) is 0 Å².